The summed E-state index contributed by atoms with van der Waals surface area (Å²) in [5.74, 6) is 1.99. The van der Waals surface area contributed by atoms with Gasteiger partial charge in [-0.15, -0.1) is 0 Å². The molecule has 146 valence electrons. The molecule has 1 aromatic carbocycles. The van der Waals surface area contributed by atoms with Gasteiger partial charge in [-0.3, -0.25) is 9.52 Å². The molecule has 1 fully saturated rings. The van der Waals surface area contributed by atoms with Crippen LogP contribution in [0.1, 0.15) is 19.8 Å². The van der Waals surface area contributed by atoms with Crippen LogP contribution < -0.4 is 15.0 Å². The van der Waals surface area contributed by atoms with E-state index in [9.17, 15) is 9.18 Å². The van der Waals surface area contributed by atoms with Gasteiger partial charge in [-0.2, -0.15) is 0 Å². The van der Waals surface area contributed by atoms with Crippen LogP contribution in [0.4, 0.5) is 10.3 Å². The predicted molar refractivity (Wildman–Crippen MR) is 110 cm³/mol. The Morgan fingerprint density at radius 1 is 1.36 bits per heavy atom. The van der Waals surface area contributed by atoms with E-state index < -0.39 is 5.82 Å². The van der Waals surface area contributed by atoms with Crippen molar-refractivity contribution < 1.29 is 9.13 Å². The average molecular weight is 400 g/mol. The van der Waals surface area contributed by atoms with E-state index in [-0.39, 0.29) is 5.56 Å². The lowest BCUT2D eigenvalue weighted by molar-refractivity contribution is 0.299. The van der Waals surface area contributed by atoms with Crippen LogP contribution in [0.3, 0.4) is 0 Å². The number of nitrogens with zero attached hydrogens (tertiary/aromatic N) is 3. The zero-order valence-corrected chi connectivity index (χ0v) is 16.6. The van der Waals surface area contributed by atoms with Crippen LogP contribution in [-0.2, 0) is 7.05 Å². The number of nitrogens with one attached hydrogen (secondary N) is 1. The molecule has 1 aliphatic rings. The van der Waals surface area contributed by atoms with Crippen LogP contribution in [0.5, 0.6) is 5.75 Å². The van der Waals surface area contributed by atoms with Gasteiger partial charge in [0, 0.05) is 35.3 Å². The minimum Gasteiger partial charge on any atom is -0.489 e. The van der Waals surface area contributed by atoms with Gasteiger partial charge in [0.25, 0.3) is 5.56 Å². The zero-order valence-electron chi connectivity index (χ0n) is 15.7. The van der Waals surface area contributed by atoms with Crippen molar-refractivity contribution in [3.05, 3.63) is 46.8 Å². The van der Waals surface area contributed by atoms with E-state index in [0.717, 1.165) is 18.6 Å². The SMILES string of the molecule is CCSNc1ncc(OCC2CC2)c(-c2cn(C)c(=O)c3ccc(F)cc23)n1. The van der Waals surface area contributed by atoms with E-state index in [0.29, 0.717) is 46.3 Å². The first kappa shape index (κ1) is 18.7. The van der Waals surface area contributed by atoms with Gasteiger partial charge in [-0.25, -0.2) is 14.4 Å². The second-order valence-corrected chi connectivity index (χ2v) is 7.91. The van der Waals surface area contributed by atoms with E-state index in [2.05, 4.69) is 14.7 Å². The number of anilines is 1. The van der Waals surface area contributed by atoms with Gasteiger partial charge in [0.05, 0.1) is 12.8 Å². The summed E-state index contributed by atoms with van der Waals surface area (Å²) < 4.78 is 24.5. The van der Waals surface area contributed by atoms with E-state index in [1.54, 1.807) is 19.4 Å². The van der Waals surface area contributed by atoms with Crippen molar-refractivity contribution in [2.45, 2.75) is 19.8 Å². The van der Waals surface area contributed by atoms with Crippen molar-refractivity contribution in [3.8, 4) is 17.0 Å². The number of halogens is 1. The minimum atomic E-state index is -0.406. The Morgan fingerprint density at radius 3 is 2.93 bits per heavy atom. The third kappa shape index (κ3) is 3.82. The van der Waals surface area contributed by atoms with Gasteiger partial charge >= 0.3 is 0 Å². The average Bonchev–Trinajstić information content (AvgIpc) is 3.52. The van der Waals surface area contributed by atoms with E-state index in [4.69, 9.17) is 4.74 Å². The molecule has 0 spiro atoms. The molecular formula is C20H21FN4O2S. The maximum absolute atomic E-state index is 14.0. The molecule has 2 heterocycles. The van der Waals surface area contributed by atoms with Crippen molar-refractivity contribution in [2.75, 3.05) is 17.1 Å². The highest BCUT2D eigenvalue weighted by Crippen LogP contribution is 2.35. The lowest BCUT2D eigenvalue weighted by atomic mass is 10.0. The van der Waals surface area contributed by atoms with Crippen LogP contribution in [0.15, 0.2) is 35.4 Å². The Kier molecular flexibility index (Phi) is 5.21. The van der Waals surface area contributed by atoms with Crippen molar-refractivity contribution >= 4 is 28.7 Å². The van der Waals surface area contributed by atoms with Crippen molar-refractivity contribution in [3.63, 3.8) is 0 Å². The van der Waals surface area contributed by atoms with Crippen molar-refractivity contribution in [2.24, 2.45) is 13.0 Å². The Labute approximate surface area is 166 Å². The van der Waals surface area contributed by atoms with Gasteiger partial charge in [-0.05, 0) is 37.0 Å². The van der Waals surface area contributed by atoms with E-state index in [1.165, 1.54) is 34.7 Å². The number of benzene rings is 1. The summed E-state index contributed by atoms with van der Waals surface area (Å²) in [6.45, 7) is 2.62. The molecule has 8 heteroatoms. The second kappa shape index (κ2) is 7.79. The Hall–Kier alpha value is -2.61. The molecule has 4 rings (SSSR count). The lowest BCUT2D eigenvalue weighted by Crippen LogP contribution is -2.17. The Bertz CT molecular complexity index is 1080. The fraction of sp³-hybridized carbons (Fsp3) is 0.350. The summed E-state index contributed by atoms with van der Waals surface area (Å²) in [5, 5.41) is 0.942. The smallest absolute Gasteiger partial charge is 0.258 e. The fourth-order valence-electron chi connectivity index (χ4n) is 2.97. The normalized spacial score (nSPS) is 13.7. The first-order valence-corrected chi connectivity index (χ1v) is 10.2. The Balaban J connectivity index is 1.89. The maximum Gasteiger partial charge on any atom is 0.258 e. The number of hydrogen-bond acceptors (Lipinski definition) is 6. The number of fused-ring (bicyclic) bond motifs is 1. The highest BCUT2D eigenvalue weighted by Gasteiger charge is 2.24. The highest BCUT2D eigenvalue weighted by molar-refractivity contribution is 8.00. The molecule has 0 unspecified atom stereocenters. The van der Waals surface area contributed by atoms with Gasteiger partial charge in [0.2, 0.25) is 5.95 Å². The number of aromatic nitrogens is 3. The molecule has 0 radical (unpaired) electrons. The lowest BCUT2D eigenvalue weighted by Gasteiger charge is -2.15. The molecular weight excluding hydrogens is 379 g/mol. The molecule has 1 N–H and O–H groups in total. The van der Waals surface area contributed by atoms with Crippen LogP contribution in [-0.4, -0.2) is 26.9 Å². The van der Waals surface area contributed by atoms with Gasteiger partial charge in [0.1, 0.15) is 11.5 Å². The summed E-state index contributed by atoms with van der Waals surface area (Å²) in [4.78, 5) is 21.5. The molecule has 0 aliphatic heterocycles. The first-order chi connectivity index (χ1) is 13.6. The van der Waals surface area contributed by atoms with Gasteiger partial charge in [-0.1, -0.05) is 18.9 Å². The molecule has 0 bridgehead atoms. The largest absolute Gasteiger partial charge is 0.489 e. The quantitative estimate of drug-likeness (QED) is 0.605. The van der Waals surface area contributed by atoms with E-state index in [1.807, 2.05) is 6.92 Å². The second-order valence-electron chi connectivity index (χ2n) is 6.84. The minimum absolute atomic E-state index is 0.187. The zero-order chi connectivity index (χ0) is 19.7. The number of rotatable bonds is 7. The van der Waals surface area contributed by atoms with Crippen molar-refractivity contribution in [1.82, 2.24) is 14.5 Å². The van der Waals surface area contributed by atoms with Crippen LogP contribution >= 0.6 is 11.9 Å². The molecule has 1 saturated carbocycles. The summed E-state index contributed by atoms with van der Waals surface area (Å²) in [6.07, 6.45) is 5.64. The standard InChI is InChI=1S/C20H21FN4O2S/c1-3-28-24-20-22-9-17(27-11-12-4-5-12)18(23-20)16-10-25(2)19(26)14-7-6-13(21)8-15(14)16/h6-10,12H,3-5,11H2,1-2H3,(H,22,23,24). The topological polar surface area (TPSA) is 69.0 Å². The number of pyridine rings is 1. The van der Waals surface area contributed by atoms with E-state index >= 15 is 0 Å². The number of aryl methyl sites for hydroxylation is 1. The molecule has 0 atom stereocenters. The maximum atomic E-state index is 14.0. The third-order valence-electron chi connectivity index (χ3n) is 4.63. The van der Waals surface area contributed by atoms with Gasteiger partial charge in [0.15, 0.2) is 5.75 Å². The van der Waals surface area contributed by atoms with Gasteiger partial charge < -0.3 is 9.30 Å². The highest BCUT2D eigenvalue weighted by atomic mass is 32.2. The molecule has 2 aromatic heterocycles. The molecule has 0 amide bonds. The first-order valence-electron chi connectivity index (χ1n) is 9.23. The monoisotopic (exact) mass is 400 g/mol. The van der Waals surface area contributed by atoms with Crippen LogP contribution in [0.25, 0.3) is 22.0 Å². The fourth-order valence-corrected chi connectivity index (χ4v) is 3.35. The summed E-state index contributed by atoms with van der Waals surface area (Å²) >= 11 is 1.48. The predicted octanol–water partition coefficient (Wildman–Crippen LogP) is 4.00. The molecule has 1 aliphatic carbocycles. The molecule has 3 aromatic rings. The number of ether oxygens (including phenoxy) is 1. The molecule has 6 nitrogen and oxygen atoms in total. The molecule has 0 saturated heterocycles. The summed E-state index contributed by atoms with van der Waals surface area (Å²) in [6, 6.07) is 4.17. The Morgan fingerprint density at radius 2 is 2.18 bits per heavy atom. The van der Waals surface area contributed by atoms with Crippen molar-refractivity contribution in [1.29, 1.82) is 0 Å². The summed E-state index contributed by atoms with van der Waals surface area (Å²) in [5.41, 5.74) is 0.989. The number of hydrogen-bond donors (Lipinski definition) is 1. The summed E-state index contributed by atoms with van der Waals surface area (Å²) in [7, 11) is 1.67. The van der Waals surface area contributed by atoms with Crippen LogP contribution in [0, 0.1) is 11.7 Å². The molecule has 28 heavy (non-hydrogen) atoms. The van der Waals surface area contributed by atoms with Crippen LogP contribution in [0.2, 0.25) is 0 Å². The third-order valence-corrected chi connectivity index (χ3v) is 5.25.